The molecule has 1 aromatic rings. The Morgan fingerprint density at radius 3 is 2.67 bits per heavy atom. The molecule has 2 nitrogen and oxygen atoms in total. The number of rotatable bonds is 3. The van der Waals surface area contributed by atoms with Gasteiger partial charge in [-0.05, 0) is 37.8 Å². The third-order valence-corrected chi connectivity index (χ3v) is 2.96. The molecule has 0 saturated heterocycles. The van der Waals surface area contributed by atoms with Crippen molar-refractivity contribution in [1.82, 2.24) is 5.32 Å². The molecule has 1 fully saturated rings. The van der Waals surface area contributed by atoms with Gasteiger partial charge in [0.1, 0.15) is 0 Å². The van der Waals surface area contributed by atoms with E-state index < -0.39 is 0 Å². The van der Waals surface area contributed by atoms with Crippen molar-refractivity contribution >= 4 is 5.91 Å². The number of aryl methyl sites for hydroxylation is 1. The third kappa shape index (κ3) is 2.38. The van der Waals surface area contributed by atoms with Crippen molar-refractivity contribution in [1.29, 1.82) is 0 Å². The molecule has 0 aliphatic heterocycles. The number of hydrogen-bond acceptors (Lipinski definition) is 1. The molecular formula is C13H17NO. The average molecular weight is 203 g/mol. The summed E-state index contributed by atoms with van der Waals surface area (Å²) in [5.41, 5.74) is 2.45. The second kappa shape index (κ2) is 4.05. The van der Waals surface area contributed by atoms with Gasteiger partial charge in [-0.15, -0.1) is 0 Å². The van der Waals surface area contributed by atoms with Crippen LogP contribution in [0.2, 0.25) is 0 Å². The van der Waals surface area contributed by atoms with Gasteiger partial charge in [0.05, 0.1) is 6.04 Å². The van der Waals surface area contributed by atoms with Crippen LogP contribution in [0.3, 0.4) is 0 Å². The van der Waals surface area contributed by atoms with E-state index in [0.29, 0.717) is 0 Å². The molecule has 2 rings (SSSR count). The van der Waals surface area contributed by atoms with Crippen molar-refractivity contribution in [3.05, 3.63) is 35.4 Å². The van der Waals surface area contributed by atoms with Crippen LogP contribution in [0.1, 0.15) is 36.9 Å². The predicted octanol–water partition coefficient (Wildman–Crippen LogP) is 2.58. The van der Waals surface area contributed by atoms with Gasteiger partial charge >= 0.3 is 0 Å². The Labute approximate surface area is 90.7 Å². The summed E-state index contributed by atoms with van der Waals surface area (Å²) >= 11 is 0. The van der Waals surface area contributed by atoms with Gasteiger partial charge in [-0.3, -0.25) is 4.79 Å². The van der Waals surface area contributed by atoms with Crippen LogP contribution in [0.4, 0.5) is 0 Å². The fraction of sp³-hybridized carbons (Fsp3) is 0.462. The van der Waals surface area contributed by atoms with Crippen LogP contribution in [0.5, 0.6) is 0 Å². The molecule has 0 spiro atoms. The van der Waals surface area contributed by atoms with Gasteiger partial charge in [0.2, 0.25) is 5.91 Å². The van der Waals surface area contributed by atoms with Crippen LogP contribution < -0.4 is 5.32 Å². The van der Waals surface area contributed by atoms with E-state index in [1.807, 2.05) is 19.1 Å². The van der Waals surface area contributed by atoms with Crippen molar-refractivity contribution in [2.45, 2.75) is 32.7 Å². The van der Waals surface area contributed by atoms with Gasteiger partial charge in [-0.25, -0.2) is 0 Å². The highest BCUT2D eigenvalue weighted by Crippen LogP contribution is 2.30. The first-order chi connectivity index (χ1) is 7.18. The summed E-state index contributed by atoms with van der Waals surface area (Å²) in [6.45, 7) is 4.12. The van der Waals surface area contributed by atoms with Crippen molar-refractivity contribution in [2.75, 3.05) is 0 Å². The molecule has 2 heteroatoms. The molecule has 1 N–H and O–H groups in total. The van der Waals surface area contributed by atoms with E-state index >= 15 is 0 Å². The van der Waals surface area contributed by atoms with Crippen molar-refractivity contribution in [3.8, 4) is 0 Å². The second-order valence-corrected chi connectivity index (χ2v) is 4.36. The summed E-state index contributed by atoms with van der Waals surface area (Å²) in [5.74, 6) is 0.502. The van der Waals surface area contributed by atoms with Gasteiger partial charge in [0, 0.05) is 5.92 Å². The fourth-order valence-electron chi connectivity index (χ4n) is 1.83. The number of carbonyl (C=O) groups is 1. The van der Waals surface area contributed by atoms with E-state index in [2.05, 4.69) is 24.4 Å². The van der Waals surface area contributed by atoms with Gasteiger partial charge in [0.15, 0.2) is 0 Å². The quantitative estimate of drug-likeness (QED) is 0.803. The zero-order chi connectivity index (χ0) is 10.8. The Morgan fingerprint density at radius 2 is 2.07 bits per heavy atom. The third-order valence-electron chi connectivity index (χ3n) is 2.96. The Balaban J connectivity index is 2.03. The molecule has 1 aliphatic rings. The smallest absolute Gasteiger partial charge is 0.223 e. The summed E-state index contributed by atoms with van der Waals surface area (Å²) in [6.07, 6.45) is 2.12. The molecule has 1 aliphatic carbocycles. The van der Waals surface area contributed by atoms with Gasteiger partial charge < -0.3 is 5.32 Å². The maximum absolute atomic E-state index is 11.6. The number of amides is 1. The van der Waals surface area contributed by atoms with Crippen LogP contribution in [0.15, 0.2) is 24.3 Å². The zero-order valence-electron chi connectivity index (χ0n) is 9.29. The van der Waals surface area contributed by atoms with Crippen molar-refractivity contribution in [2.24, 2.45) is 5.92 Å². The lowest BCUT2D eigenvalue weighted by Crippen LogP contribution is -2.28. The Morgan fingerprint density at radius 1 is 1.40 bits per heavy atom. The normalized spacial score (nSPS) is 17.2. The van der Waals surface area contributed by atoms with Crippen molar-refractivity contribution in [3.63, 3.8) is 0 Å². The van der Waals surface area contributed by atoms with E-state index in [1.165, 1.54) is 11.1 Å². The lowest BCUT2D eigenvalue weighted by molar-refractivity contribution is -0.122. The first kappa shape index (κ1) is 10.2. The largest absolute Gasteiger partial charge is 0.349 e. The lowest BCUT2D eigenvalue weighted by Gasteiger charge is -2.16. The highest BCUT2D eigenvalue weighted by molar-refractivity contribution is 5.81. The molecule has 0 radical (unpaired) electrons. The van der Waals surface area contributed by atoms with E-state index in [0.717, 1.165) is 12.8 Å². The summed E-state index contributed by atoms with van der Waals surface area (Å²) in [5, 5.41) is 3.06. The maximum Gasteiger partial charge on any atom is 0.223 e. The number of carbonyl (C=O) groups excluding carboxylic acids is 1. The Bertz CT molecular complexity index is 369. The average Bonchev–Trinajstić information content (AvgIpc) is 3.01. The molecule has 1 aromatic carbocycles. The Kier molecular flexibility index (Phi) is 2.76. The minimum Gasteiger partial charge on any atom is -0.349 e. The molecule has 0 aromatic heterocycles. The van der Waals surface area contributed by atoms with Crippen LogP contribution in [-0.2, 0) is 4.79 Å². The minimum absolute atomic E-state index is 0.124. The molecule has 80 valence electrons. The first-order valence-electron chi connectivity index (χ1n) is 5.54. The molecule has 1 saturated carbocycles. The van der Waals surface area contributed by atoms with E-state index in [9.17, 15) is 4.79 Å². The molecule has 0 heterocycles. The summed E-state index contributed by atoms with van der Waals surface area (Å²) in [4.78, 5) is 11.6. The van der Waals surface area contributed by atoms with Gasteiger partial charge in [0.25, 0.3) is 0 Å². The summed E-state index contributed by atoms with van der Waals surface area (Å²) in [7, 11) is 0. The number of benzene rings is 1. The van der Waals surface area contributed by atoms with E-state index in [-0.39, 0.29) is 17.9 Å². The molecule has 15 heavy (non-hydrogen) atoms. The van der Waals surface area contributed by atoms with Crippen LogP contribution >= 0.6 is 0 Å². The molecule has 1 unspecified atom stereocenters. The van der Waals surface area contributed by atoms with Gasteiger partial charge in [-0.1, -0.05) is 24.3 Å². The topological polar surface area (TPSA) is 29.1 Å². The first-order valence-corrected chi connectivity index (χ1v) is 5.54. The highest BCUT2D eigenvalue weighted by atomic mass is 16.2. The molecular weight excluding hydrogens is 186 g/mol. The predicted molar refractivity (Wildman–Crippen MR) is 60.5 cm³/mol. The van der Waals surface area contributed by atoms with Crippen LogP contribution in [0.25, 0.3) is 0 Å². The SMILES string of the molecule is Cc1ccccc1C(C)NC(=O)C1CC1. The van der Waals surface area contributed by atoms with Crippen LogP contribution in [-0.4, -0.2) is 5.91 Å². The minimum atomic E-state index is 0.124. The number of hydrogen-bond donors (Lipinski definition) is 1. The lowest BCUT2D eigenvalue weighted by atomic mass is 10.0. The highest BCUT2D eigenvalue weighted by Gasteiger charge is 2.30. The molecule has 1 atom stereocenters. The Hall–Kier alpha value is -1.31. The molecule has 1 amide bonds. The van der Waals surface area contributed by atoms with E-state index in [1.54, 1.807) is 0 Å². The maximum atomic E-state index is 11.6. The van der Waals surface area contributed by atoms with Gasteiger partial charge in [-0.2, -0.15) is 0 Å². The summed E-state index contributed by atoms with van der Waals surface area (Å²) < 4.78 is 0. The van der Waals surface area contributed by atoms with Crippen LogP contribution in [0, 0.1) is 12.8 Å². The second-order valence-electron chi connectivity index (χ2n) is 4.36. The summed E-state index contributed by atoms with van der Waals surface area (Å²) in [6, 6.07) is 8.32. The fourth-order valence-corrected chi connectivity index (χ4v) is 1.83. The monoisotopic (exact) mass is 203 g/mol. The molecule has 0 bridgehead atoms. The standard InChI is InChI=1S/C13H17NO/c1-9-5-3-4-6-12(9)10(2)14-13(15)11-7-8-11/h3-6,10-11H,7-8H2,1-2H3,(H,14,15). The van der Waals surface area contributed by atoms with E-state index in [4.69, 9.17) is 0 Å². The van der Waals surface area contributed by atoms with Crippen molar-refractivity contribution < 1.29 is 4.79 Å². The number of nitrogens with one attached hydrogen (secondary N) is 1. The zero-order valence-corrected chi connectivity index (χ0v) is 9.29.